The Hall–Kier alpha value is -2.38. The first kappa shape index (κ1) is 24.3. The normalized spacial score (nSPS) is 16.2. The highest BCUT2D eigenvalue weighted by atomic mass is 32.1. The van der Waals surface area contributed by atoms with Crippen LogP contribution in [0.2, 0.25) is 0 Å². The number of fused-ring (bicyclic) bond motifs is 1. The van der Waals surface area contributed by atoms with Gasteiger partial charge in [-0.1, -0.05) is 0 Å². The number of thiophene rings is 1. The van der Waals surface area contributed by atoms with E-state index in [0.717, 1.165) is 29.2 Å². The molecule has 0 radical (unpaired) electrons. The van der Waals surface area contributed by atoms with Crippen molar-refractivity contribution in [3.63, 3.8) is 0 Å². The van der Waals surface area contributed by atoms with Gasteiger partial charge in [0, 0.05) is 40.3 Å². The number of carbonyl (C=O) groups is 2. The monoisotopic (exact) mass is 457 g/mol. The SMILES string of the molecule is CCOC(=O)c1c(NC(=O)c2ccc(N(CC)CC)cc2)sc2c1CC(C)(C)NC2(C)C. The third-order valence-corrected chi connectivity index (χ3v) is 7.28. The van der Waals surface area contributed by atoms with Crippen molar-refractivity contribution in [2.75, 3.05) is 29.9 Å². The van der Waals surface area contributed by atoms with Crippen molar-refractivity contribution in [2.45, 2.75) is 66.0 Å². The maximum atomic E-state index is 13.1. The average molecular weight is 458 g/mol. The molecule has 2 heterocycles. The minimum atomic E-state index is -0.384. The Morgan fingerprint density at radius 2 is 1.72 bits per heavy atom. The summed E-state index contributed by atoms with van der Waals surface area (Å²) in [5.41, 5.74) is 2.59. The van der Waals surface area contributed by atoms with Crippen molar-refractivity contribution in [1.29, 1.82) is 0 Å². The van der Waals surface area contributed by atoms with Crippen LogP contribution in [-0.2, 0) is 16.7 Å². The standard InChI is InChI=1S/C25H35N3O3S/c1-8-28(9-2)17-13-11-16(12-14-17)21(29)26-22-19(23(30)31-10-3)18-15-24(4,5)27-25(6,7)20(18)32-22/h11-14,27H,8-10,15H2,1-7H3,(H,26,29). The molecule has 0 spiro atoms. The van der Waals surface area contributed by atoms with Crippen LogP contribution in [0.3, 0.4) is 0 Å². The first-order valence-electron chi connectivity index (χ1n) is 11.3. The number of benzene rings is 1. The summed E-state index contributed by atoms with van der Waals surface area (Å²) in [6.45, 7) is 16.6. The molecule has 1 amide bonds. The second-order valence-corrected chi connectivity index (χ2v) is 10.3. The molecule has 2 aromatic rings. The number of ether oxygens (including phenoxy) is 1. The van der Waals surface area contributed by atoms with Crippen LogP contribution in [0.25, 0.3) is 0 Å². The van der Waals surface area contributed by atoms with Gasteiger partial charge in [0.25, 0.3) is 5.91 Å². The van der Waals surface area contributed by atoms with Gasteiger partial charge < -0.3 is 20.3 Å². The summed E-state index contributed by atoms with van der Waals surface area (Å²) in [6, 6.07) is 7.58. The molecular weight excluding hydrogens is 422 g/mol. The van der Waals surface area contributed by atoms with Crippen LogP contribution >= 0.6 is 11.3 Å². The number of nitrogens with zero attached hydrogens (tertiary/aromatic N) is 1. The summed E-state index contributed by atoms with van der Waals surface area (Å²) in [7, 11) is 0. The number of hydrogen-bond acceptors (Lipinski definition) is 6. The van der Waals surface area contributed by atoms with Crippen LogP contribution in [0.1, 0.15) is 79.6 Å². The lowest BCUT2D eigenvalue weighted by Crippen LogP contribution is -2.55. The lowest BCUT2D eigenvalue weighted by molar-refractivity contribution is 0.0525. The molecule has 0 fully saturated rings. The maximum absolute atomic E-state index is 13.1. The summed E-state index contributed by atoms with van der Waals surface area (Å²) >= 11 is 1.46. The minimum Gasteiger partial charge on any atom is -0.462 e. The van der Waals surface area contributed by atoms with Crippen LogP contribution in [0.4, 0.5) is 10.7 Å². The molecule has 32 heavy (non-hydrogen) atoms. The van der Waals surface area contributed by atoms with Crippen LogP contribution < -0.4 is 15.5 Å². The molecule has 174 valence electrons. The average Bonchev–Trinajstić information content (AvgIpc) is 3.06. The topological polar surface area (TPSA) is 70.7 Å². The van der Waals surface area contributed by atoms with Crippen LogP contribution in [-0.4, -0.2) is 37.1 Å². The fraction of sp³-hybridized carbons (Fsp3) is 0.520. The predicted molar refractivity (Wildman–Crippen MR) is 132 cm³/mol. The highest BCUT2D eigenvalue weighted by Crippen LogP contribution is 2.45. The summed E-state index contributed by atoms with van der Waals surface area (Å²) in [5, 5.41) is 7.21. The molecular formula is C25H35N3O3S. The van der Waals surface area contributed by atoms with Crippen LogP contribution in [0.5, 0.6) is 0 Å². The number of amides is 1. The van der Waals surface area contributed by atoms with Crippen molar-refractivity contribution in [2.24, 2.45) is 0 Å². The van der Waals surface area contributed by atoms with Crippen molar-refractivity contribution >= 4 is 33.9 Å². The van der Waals surface area contributed by atoms with E-state index in [-0.39, 0.29) is 29.6 Å². The van der Waals surface area contributed by atoms with Crippen LogP contribution in [0.15, 0.2) is 24.3 Å². The van der Waals surface area contributed by atoms with Gasteiger partial charge in [-0.2, -0.15) is 0 Å². The maximum Gasteiger partial charge on any atom is 0.341 e. The zero-order valence-corrected chi connectivity index (χ0v) is 21.0. The second kappa shape index (κ2) is 9.24. The highest BCUT2D eigenvalue weighted by Gasteiger charge is 2.42. The summed E-state index contributed by atoms with van der Waals surface area (Å²) in [4.78, 5) is 29.3. The number of anilines is 2. The van der Waals surface area contributed by atoms with Gasteiger partial charge in [-0.25, -0.2) is 4.79 Å². The number of esters is 1. The molecule has 0 saturated heterocycles. The first-order chi connectivity index (χ1) is 15.0. The van der Waals surface area contributed by atoms with Gasteiger partial charge in [-0.05, 0) is 84.7 Å². The molecule has 0 bridgehead atoms. The van der Waals surface area contributed by atoms with Gasteiger partial charge in [0.05, 0.1) is 12.2 Å². The summed E-state index contributed by atoms with van der Waals surface area (Å²) < 4.78 is 5.37. The van der Waals surface area contributed by atoms with E-state index >= 15 is 0 Å². The summed E-state index contributed by atoms with van der Waals surface area (Å²) in [6.07, 6.45) is 0.685. The molecule has 3 rings (SSSR count). The fourth-order valence-electron chi connectivity index (χ4n) is 4.62. The van der Waals surface area contributed by atoms with Gasteiger partial charge >= 0.3 is 5.97 Å². The third kappa shape index (κ3) is 4.84. The van der Waals surface area contributed by atoms with E-state index in [1.54, 1.807) is 6.92 Å². The molecule has 0 aliphatic carbocycles. The Bertz CT molecular complexity index is 989. The predicted octanol–water partition coefficient (Wildman–Crippen LogP) is 5.18. The van der Waals surface area contributed by atoms with Crippen molar-refractivity contribution in [1.82, 2.24) is 5.32 Å². The number of rotatable bonds is 7. The van der Waals surface area contributed by atoms with Gasteiger partial charge in [0.15, 0.2) is 0 Å². The zero-order valence-electron chi connectivity index (χ0n) is 20.2. The molecule has 1 aromatic carbocycles. The lowest BCUT2D eigenvalue weighted by atomic mass is 9.81. The van der Waals surface area contributed by atoms with E-state index < -0.39 is 0 Å². The minimum absolute atomic E-state index is 0.180. The first-order valence-corrected chi connectivity index (χ1v) is 12.1. The van der Waals surface area contributed by atoms with E-state index in [0.29, 0.717) is 22.5 Å². The molecule has 0 atom stereocenters. The number of hydrogen-bond donors (Lipinski definition) is 2. The highest BCUT2D eigenvalue weighted by molar-refractivity contribution is 7.17. The quantitative estimate of drug-likeness (QED) is 0.561. The van der Waals surface area contributed by atoms with Gasteiger partial charge in [0.1, 0.15) is 5.00 Å². The van der Waals surface area contributed by atoms with Crippen molar-refractivity contribution < 1.29 is 14.3 Å². The van der Waals surface area contributed by atoms with Crippen LogP contribution in [0, 0.1) is 0 Å². The second-order valence-electron chi connectivity index (χ2n) is 9.32. The van der Waals surface area contributed by atoms with Gasteiger partial charge in [-0.15, -0.1) is 11.3 Å². The Kier molecular flexibility index (Phi) is 7.00. The fourth-order valence-corrected chi connectivity index (χ4v) is 5.88. The van der Waals surface area contributed by atoms with Crippen molar-refractivity contribution in [3.05, 3.63) is 45.8 Å². The molecule has 1 aliphatic heterocycles. The number of carbonyl (C=O) groups excluding carboxylic acids is 2. The van der Waals surface area contributed by atoms with Crippen molar-refractivity contribution in [3.8, 4) is 0 Å². The van der Waals surface area contributed by atoms with E-state index in [1.165, 1.54) is 11.3 Å². The van der Waals surface area contributed by atoms with E-state index in [2.05, 4.69) is 57.1 Å². The van der Waals surface area contributed by atoms with E-state index in [1.807, 2.05) is 24.3 Å². The molecule has 6 nitrogen and oxygen atoms in total. The zero-order chi connectivity index (χ0) is 23.7. The lowest BCUT2D eigenvalue weighted by Gasteiger charge is -2.42. The Balaban J connectivity index is 1.96. The van der Waals surface area contributed by atoms with Gasteiger partial charge in [-0.3, -0.25) is 4.79 Å². The smallest absolute Gasteiger partial charge is 0.341 e. The molecule has 7 heteroatoms. The Labute approximate surface area is 195 Å². The van der Waals surface area contributed by atoms with E-state index in [4.69, 9.17) is 4.74 Å². The number of nitrogens with one attached hydrogen (secondary N) is 2. The molecule has 2 N–H and O–H groups in total. The van der Waals surface area contributed by atoms with Gasteiger partial charge in [0.2, 0.25) is 0 Å². The molecule has 0 unspecified atom stereocenters. The summed E-state index contributed by atoms with van der Waals surface area (Å²) in [5.74, 6) is -0.615. The molecule has 0 saturated carbocycles. The molecule has 1 aromatic heterocycles. The molecule has 1 aliphatic rings. The third-order valence-electron chi connectivity index (χ3n) is 5.81. The Morgan fingerprint density at radius 1 is 1.09 bits per heavy atom. The van der Waals surface area contributed by atoms with E-state index in [9.17, 15) is 9.59 Å². The Morgan fingerprint density at radius 3 is 2.28 bits per heavy atom. The largest absolute Gasteiger partial charge is 0.462 e.